The van der Waals surface area contributed by atoms with Crippen LogP contribution in [0.15, 0.2) is 12.1 Å². The Balaban J connectivity index is 2.62. The van der Waals surface area contributed by atoms with Crippen molar-refractivity contribution in [1.82, 2.24) is 0 Å². The van der Waals surface area contributed by atoms with Crippen molar-refractivity contribution in [3.8, 4) is 17.2 Å². The molecule has 1 aromatic carbocycles. The highest BCUT2D eigenvalue weighted by atomic mass is 16.4. The lowest BCUT2D eigenvalue weighted by atomic mass is 9.85. The Kier molecular flexibility index (Phi) is 6.05. The number of aromatic hydroxyl groups is 3. The average Bonchev–Trinajstić information content (AvgIpc) is 2.45. The average molecular weight is 311 g/mol. The Bertz CT molecular complexity index is 528. The Labute approximate surface area is 130 Å². The summed E-state index contributed by atoms with van der Waals surface area (Å²) in [6.45, 7) is 3.48. The zero-order valence-electron chi connectivity index (χ0n) is 13.0. The third-order valence-electron chi connectivity index (χ3n) is 4.05. The van der Waals surface area contributed by atoms with Gasteiger partial charge in [0.15, 0.2) is 11.5 Å². The summed E-state index contributed by atoms with van der Waals surface area (Å²) >= 11 is 0. The predicted molar refractivity (Wildman–Crippen MR) is 83.0 cm³/mol. The topological polar surface area (TPSA) is 124 Å². The van der Waals surface area contributed by atoms with Crippen LogP contribution in [0.5, 0.6) is 17.2 Å². The van der Waals surface area contributed by atoms with Crippen molar-refractivity contribution in [3.63, 3.8) is 0 Å². The van der Waals surface area contributed by atoms with Gasteiger partial charge >= 0.3 is 5.97 Å². The van der Waals surface area contributed by atoms with E-state index in [0.717, 1.165) is 12.8 Å². The second-order valence-corrected chi connectivity index (χ2v) is 6.02. The minimum absolute atomic E-state index is 0.0578. The number of carboxylic acid groups (broad SMARTS) is 1. The molecule has 22 heavy (non-hydrogen) atoms. The van der Waals surface area contributed by atoms with E-state index < -0.39 is 11.5 Å². The molecule has 0 saturated heterocycles. The number of aliphatic carboxylic acids is 1. The first kappa shape index (κ1) is 18.1. The fraction of sp³-hybridized carbons (Fsp3) is 0.562. The summed E-state index contributed by atoms with van der Waals surface area (Å²) in [6, 6.07) is 2.57. The van der Waals surface area contributed by atoms with Crippen LogP contribution in [0, 0.1) is 5.92 Å². The van der Waals surface area contributed by atoms with Gasteiger partial charge in [0.1, 0.15) is 11.3 Å². The van der Waals surface area contributed by atoms with E-state index in [2.05, 4.69) is 0 Å². The van der Waals surface area contributed by atoms with Crippen LogP contribution >= 0.6 is 0 Å². The first-order valence-electron chi connectivity index (χ1n) is 7.44. The van der Waals surface area contributed by atoms with Crippen LogP contribution in [0.25, 0.3) is 0 Å². The fourth-order valence-corrected chi connectivity index (χ4v) is 2.56. The monoisotopic (exact) mass is 311 g/mol. The summed E-state index contributed by atoms with van der Waals surface area (Å²) in [6.07, 6.45) is 2.95. The molecular weight excluding hydrogens is 286 g/mol. The number of carbonyl (C=O) groups is 1. The molecule has 6 N–H and O–H groups in total. The van der Waals surface area contributed by atoms with Crippen LogP contribution in [0.3, 0.4) is 0 Å². The summed E-state index contributed by atoms with van der Waals surface area (Å²) in [5.41, 5.74) is 4.83. The second-order valence-electron chi connectivity index (χ2n) is 6.02. The molecule has 1 aromatic rings. The molecule has 0 spiro atoms. The molecule has 0 bridgehead atoms. The molecule has 124 valence electrons. The van der Waals surface area contributed by atoms with E-state index in [0.29, 0.717) is 24.8 Å². The van der Waals surface area contributed by atoms with Crippen LogP contribution in [-0.2, 0) is 11.2 Å². The Morgan fingerprint density at radius 1 is 1.27 bits per heavy atom. The Morgan fingerprint density at radius 2 is 1.86 bits per heavy atom. The molecular formula is C16H25NO5. The molecule has 2 atom stereocenters. The molecule has 0 aliphatic carbocycles. The summed E-state index contributed by atoms with van der Waals surface area (Å²) in [5.74, 6) is -1.50. The quantitative estimate of drug-likeness (QED) is 0.371. The van der Waals surface area contributed by atoms with Gasteiger partial charge in [-0.15, -0.1) is 0 Å². The van der Waals surface area contributed by atoms with Gasteiger partial charge in [0.05, 0.1) is 0 Å². The van der Waals surface area contributed by atoms with E-state index in [1.807, 2.05) is 6.92 Å². The lowest BCUT2D eigenvalue weighted by Crippen LogP contribution is -2.46. The van der Waals surface area contributed by atoms with Crippen molar-refractivity contribution >= 4 is 5.97 Å². The molecule has 1 rings (SSSR count). The van der Waals surface area contributed by atoms with Gasteiger partial charge in [-0.2, -0.15) is 0 Å². The first-order valence-corrected chi connectivity index (χ1v) is 7.44. The number of nitrogens with two attached hydrogens (primary N) is 1. The number of rotatable bonds is 8. The SMILES string of the molecule is CCC(CCCc1c(O)ccc(O)c1O)CC(C)(N)C(=O)O. The van der Waals surface area contributed by atoms with Crippen LogP contribution in [-0.4, -0.2) is 31.9 Å². The largest absolute Gasteiger partial charge is 0.508 e. The summed E-state index contributed by atoms with van der Waals surface area (Å²) in [7, 11) is 0. The van der Waals surface area contributed by atoms with Gasteiger partial charge in [-0.05, 0) is 44.2 Å². The molecule has 0 heterocycles. The maximum atomic E-state index is 11.1. The van der Waals surface area contributed by atoms with E-state index >= 15 is 0 Å². The molecule has 0 aliphatic heterocycles. The van der Waals surface area contributed by atoms with Crippen molar-refractivity contribution in [2.75, 3.05) is 0 Å². The predicted octanol–water partition coefficient (Wildman–Crippen LogP) is 2.34. The van der Waals surface area contributed by atoms with E-state index in [1.165, 1.54) is 19.1 Å². The Morgan fingerprint density at radius 3 is 2.41 bits per heavy atom. The smallest absolute Gasteiger partial charge is 0.323 e. The number of hydrogen-bond donors (Lipinski definition) is 5. The molecule has 0 radical (unpaired) electrons. The van der Waals surface area contributed by atoms with Crippen LogP contribution < -0.4 is 5.73 Å². The highest BCUT2D eigenvalue weighted by molar-refractivity contribution is 5.77. The third-order valence-corrected chi connectivity index (χ3v) is 4.05. The number of phenolic OH excluding ortho intramolecular Hbond substituents is 3. The van der Waals surface area contributed by atoms with E-state index in [4.69, 9.17) is 10.8 Å². The molecule has 0 amide bonds. The van der Waals surface area contributed by atoms with Crippen LogP contribution in [0.2, 0.25) is 0 Å². The zero-order valence-corrected chi connectivity index (χ0v) is 13.0. The molecule has 6 nitrogen and oxygen atoms in total. The van der Waals surface area contributed by atoms with Crippen molar-refractivity contribution < 1.29 is 25.2 Å². The summed E-state index contributed by atoms with van der Waals surface area (Å²) in [5, 5.41) is 38.0. The molecule has 0 aliphatic rings. The third kappa shape index (κ3) is 4.53. The minimum atomic E-state index is -1.25. The molecule has 0 aromatic heterocycles. The van der Waals surface area contributed by atoms with Crippen LogP contribution in [0.4, 0.5) is 0 Å². The van der Waals surface area contributed by atoms with E-state index in [1.54, 1.807) is 0 Å². The standard InChI is InChI=1S/C16H25NO5/c1-3-10(9-16(2,17)15(21)22)5-4-6-11-12(18)7-8-13(19)14(11)20/h7-8,10,18-20H,3-6,9,17H2,1-2H3,(H,21,22). The van der Waals surface area contributed by atoms with E-state index in [-0.39, 0.29) is 23.2 Å². The van der Waals surface area contributed by atoms with Crippen molar-refractivity contribution in [1.29, 1.82) is 0 Å². The zero-order chi connectivity index (χ0) is 16.9. The number of hydrogen-bond acceptors (Lipinski definition) is 5. The highest BCUT2D eigenvalue weighted by Gasteiger charge is 2.30. The normalized spacial score (nSPS) is 15.2. The molecule has 6 heteroatoms. The maximum absolute atomic E-state index is 11.1. The van der Waals surface area contributed by atoms with Crippen LogP contribution in [0.1, 0.15) is 45.1 Å². The fourth-order valence-electron chi connectivity index (χ4n) is 2.56. The second kappa shape index (κ2) is 7.35. The van der Waals surface area contributed by atoms with Gasteiger partial charge in [-0.25, -0.2) is 0 Å². The summed E-state index contributed by atoms with van der Waals surface area (Å²) < 4.78 is 0. The summed E-state index contributed by atoms with van der Waals surface area (Å²) in [4.78, 5) is 11.1. The minimum Gasteiger partial charge on any atom is -0.508 e. The van der Waals surface area contributed by atoms with Crippen molar-refractivity contribution in [2.24, 2.45) is 11.7 Å². The highest BCUT2D eigenvalue weighted by Crippen LogP contribution is 2.36. The van der Waals surface area contributed by atoms with E-state index in [9.17, 15) is 20.1 Å². The first-order chi connectivity index (χ1) is 10.2. The molecule has 0 fully saturated rings. The lowest BCUT2D eigenvalue weighted by molar-refractivity contribution is -0.143. The van der Waals surface area contributed by atoms with Crippen molar-refractivity contribution in [2.45, 2.75) is 51.5 Å². The number of phenols is 3. The Hall–Kier alpha value is -1.95. The van der Waals surface area contributed by atoms with Gasteiger partial charge < -0.3 is 26.2 Å². The maximum Gasteiger partial charge on any atom is 0.323 e. The van der Waals surface area contributed by atoms with Gasteiger partial charge in [0.25, 0.3) is 0 Å². The number of carboxylic acids is 1. The molecule has 0 saturated carbocycles. The molecule has 2 unspecified atom stereocenters. The van der Waals surface area contributed by atoms with Gasteiger partial charge in [-0.3, -0.25) is 4.79 Å². The van der Waals surface area contributed by atoms with Crippen molar-refractivity contribution in [3.05, 3.63) is 17.7 Å². The van der Waals surface area contributed by atoms with Gasteiger partial charge in [0, 0.05) is 5.56 Å². The number of benzene rings is 1. The van der Waals surface area contributed by atoms with Gasteiger partial charge in [0.2, 0.25) is 0 Å². The van der Waals surface area contributed by atoms with Gasteiger partial charge in [-0.1, -0.05) is 19.8 Å². The lowest BCUT2D eigenvalue weighted by Gasteiger charge is -2.25.